The zero-order chi connectivity index (χ0) is 25.4. The first kappa shape index (κ1) is 22.3. The van der Waals surface area contributed by atoms with E-state index in [0.29, 0.717) is 0 Å². The number of aryl methyl sites for hydroxylation is 1. The minimum Gasteiger partial charge on any atom is -0.112 e. The maximum atomic E-state index is 2.55. The molecule has 0 spiro atoms. The van der Waals surface area contributed by atoms with Crippen LogP contribution in [0.2, 0.25) is 0 Å². The van der Waals surface area contributed by atoms with E-state index in [0.717, 1.165) is 0 Å². The second kappa shape index (κ2) is 8.41. The molecule has 1 aliphatic rings. The quantitative estimate of drug-likeness (QED) is 0.199. The maximum absolute atomic E-state index is 2.55. The Morgan fingerprint density at radius 3 is 1.84 bits per heavy atom. The summed E-state index contributed by atoms with van der Waals surface area (Å²) < 4.78 is 0. The second-order valence-corrected chi connectivity index (χ2v) is 14.5. The largest absolute Gasteiger partial charge is 0.112 e. The zero-order valence-electron chi connectivity index (χ0n) is 21.4. The van der Waals surface area contributed by atoms with Gasteiger partial charge in [0.1, 0.15) is 0 Å². The molecule has 7 aromatic rings. The van der Waals surface area contributed by atoms with Crippen molar-refractivity contribution in [2.75, 3.05) is 6.66 Å². The third kappa shape index (κ3) is 3.15. The van der Waals surface area contributed by atoms with Crippen LogP contribution in [0.3, 0.4) is 0 Å². The Bertz CT molecular complexity index is 2030. The zero-order valence-corrected chi connectivity index (χ0v) is 23.2. The third-order valence-corrected chi connectivity index (χ3v) is 12.7. The summed E-state index contributed by atoms with van der Waals surface area (Å²) >= 11 is 0. The Morgan fingerprint density at radius 1 is 0.421 bits per heavy atom. The summed E-state index contributed by atoms with van der Waals surface area (Å²) in [6.07, 6.45) is 0. The standard InChI is InChI=1S/C36H26P2/c1-37-31-15-9-14-29-35-28-19-17-26(24-12-7-4-8-13-24)21-33(28)38(2)34(35)22-30(36(29)31)27-18-16-25(20-32(27)37)23-10-5-3-6-11-23/h3-22H,1-2H3. The summed E-state index contributed by atoms with van der Waals surface area (Å²) in [6, 6.07) is 45.5. The molecule has 0 bridgehead atoms. The Balaban J connectivity index is 1.43. The fraction of sp³-hybridized carbons (Fsp3) is 0.0556. The average molecular weight is 521 g/mol. The highest BCUT2D eigenvalue weighted by Gasteiger charge is 2.27. The Labute approximate surface area is 225 Å². The van der Waals surface area contributed by atoms with Gasteiger partial charge in [-0.05, 0) is 99.6 Å². The molecular weight excluding hydrogens is 494 g/mol. The molecule has 1 aromatic heterocycles. The Kier molecular flexibility index (Phi) is 4.94. The Morgan fingerprint density at radius 2 is 1.11 bits per heavy atom. The van der Waals surface area contributed by atoms with Gasteiger partial charge in [-0.15, -0.1) is 7.53 Å². The molecule has 2 heteroatoms. The molecule has 38 heavy (non-hydrogen) atoms. The van der Waals surface area contributed by atoms with Crippen LogP contribution in [-0.4, -0.2) is 6.66 Å². The molecule has 2 unspecified atom stereocenters. The van der Waals surface area contributed by atoms with Crippen LogP contribution in [0.5, 0.6) is 0 Å². The molecule has 8 rings (SSSR count). The van der Waals surface area contributed by atoms with Gasteiger partial charge in [-0.1, -0.05) is 103 Å². The lowest BCUT2D eigenvalue weighted by atomic mass is 9.93. The molecule has 0 saturated heterocycles. The van der Waals surface area contributed by atoms with Crippen molar-refractivity contribution in [2.24, 2.45) is 6.66 Å². The van der Waals surface area contributed by atoms with Crippen molar-refractivity contribution in [1.82, 2.24) is 0 Å². The van der Waals surface area contributed by atoms with Gasteiger partial charge in [0.2, 0.25) is 0 Å². The van der Waals surface area contributed by atoms with Gasteiger partial charge >= 0.3 is 0 Å². The normalized spacial score (nSPS) is 14.8. The topological polar surface area (TPSA) is 0 Å². The van der Waals surface area contributed by atoms with Crippen molar-refractivity contribution in [3.05, 3.63) is 121 Å². The van der Waals surface area contributed by atoms with E-state index in [2.05, 4.69) is 135 Å². The van der Waals surface area contributed by atoms with Crippen molar-refractivity contribution in [3.8, 4) is 33.4 Å². The molecule has 0 saturated carbocycles. The summed E-state index contributed by atoms with van der Waals surface area (Å²) in [5.74, 6) is 0. The van der Waals surface area contributed by atoms with Crippen molar-refractivity contribution in [3.63, 3.8) is 0 Å². The van der Waals surface area contributed by atoms with Crippen molar-refractivity contribution in [2.45, 2.75) is 0 Å². The first-order valence-electron chi connectivity index (χ1n) is 13.2. The van der Waals surface area contributed by atoms with E-state index in [1.54, 1.807) is 0 Å². The van der Waals surface area contributed by atoms with E-state index >= 15 is 0 Å². The lowest BCUT2D eigenvalue weighted by Crippen LogP contribution is -2.19. The highest BCUT2D eigenvalue weighted by molar-refractivity contribution is 7.73. The summed E-state index contributed by atoms with van der Waals surface area (Å²) in [4.78, 5) is 0. The van der Waals surface area contributed by atoms with E-state index in [1.807, 2.05) is 0 Å². The van der Waals surface area contributed by atoms with Crippen molar-refractivity contribution in [1.29, 1.82) is 0 Å². The number of hydrogen-bond donors (Lipinski definition) is 0. The SMILES string of the molecule is CP1c2cc(-c3ccccc3)ccc2-c2cc3c(c4cccc1c24)c1ccc(-c2ccccc2)cc1p3C. The number of hydrogen-bond acceptors (Lipinski definition) is 0. The molecule has 0 nitrogen and oxygen atoms in total. The van der Waals surface area contributed by atoms with Crippen LogP contribution < -0.4 is 10.6 Å². The molecule has 0 aliphatic carbocycles. The number of fused-ring (bicyclic) bond motifs is 6. The van der Waals surface area contributed by atoms with Crippen molar-refractivity contribution < 1.29 is 0 Å². The van der Waals surface area contributed by atoms with Crippen LogP contribution in [-0.2, 0) is 6.66 Å². The summed E-state index contributed by atoms with van der Waals surface area (Å²) in [7, 11) is -0.856. The molecule has 6 aromatic carbocycles. The first-order chi connectivity index (χ1) is 18.7. The van der Waals surface area contributed by atoms with Gasteiger partial charge in [0, 0.05) is 15.6 Å². The molecule has 2 heterocycles. The van der Waals surface area contributed by atoms with Gasteiger partial charge in [-0.2, -0.15) is 0 Å². The van der Waals surface area contributed by atoms with Crippen LogP contribution in [0.4, 0.5) is 0 Å². The van der Waals surface area contributed by atoms with Crippen LogP contribution >= 0.6 is 15.5 Å². The fourth-order valence-corrected chi connectivity index (χ4v) is 10.5. The van der Waals surface area contributed by atoms with Crippen LogP contribution in [0.15, 0.2) is 121 Å². The van der Waals surface area contributed by atoms with E-state index in [1.165, 1.54) is 75.8 Å². The number of rotatable bonds is 2. The van der Waals surface area contributed by atoms with Gasteiger partial charge in [-0.25, -0.2) is 0 Å². The van der Waals surface area contributed by atoms with Gasteiger partial charge in [0.05, 0.1) is 0 Å². The minimum absolute atomic E-state index is 0.421. The average Bonchev–Trinajstić information content (AvgIpc) is 3.27. The third-order valence-electron chi connectivity index (χ3n) is 8.33. The molecule has 0 amide bonds. The molecule has 0 fully saturated rings. The van der Waals surface area contributed by atoms with Gasteiger partial charge in [0.25, 0.3) is 0 Å². The predicted molar refractivity (Wildman–Crippen MR) is 171 cm³/mol. The van der Waals surface area contributed by atoms with E-state index in [9.17, 15) is 0 Å². The van der Waals surface area contributed by atoms with E-state index in [4.69, 9.17) is 0 Å². The highest BCUT2D eigenvalue weighted by atomic mass is 31.1. The van der Waals surface area contributed by atoms with Crippen LogP contribution in [0, 0.1) is 0 Å². The van der Waals surface area contributed by atoms with E-state index < -0.39 is 15.5 Å². The predicted octanol–water partition coefficient (Wildman–Crippen LogP) is 10.0. The number of benzene rings is 6. The molecule has 0 radical (unpaired) electrons. The summed E-state index contributed by atoms with van der Waals surface area (Å²) in [6.45, 7) is 4.90. The molecule has 0 N–H and O–H groups in total. The second-order valence-electron chi connectivity index (χ2n) is 10.3. The lowest BCUT2D eigenvalue weighted by Gasteiger charge is -2.28. The fourth-order valence-electron chi connectivity index (χ4n) is 6.43. The molecular formula is C36H26P2. The van der Waals surface area contributed by atoms with E-state index in [-0.39, 0.29) is 0 Å². The van der Waals surface area contributed by atoms with Crippen molar-refractivity contribution >= 4 is 57.8 Å². The molecule has 180 valence electrons. The summed E-state index contributed by atoms with van der Waals surface area (Å²) in [5, 5.41) is 11.9. The molecule has 1 aliphatic heterocycles. The van der Waals surface area contributed by atoms with Gasteiger partial charge < -0.3 is 0 Å². The first-order valence-corrected chi connectivity index (χ1v) is 16.7. The highest BCUT2D eigenvalue weighted by Crippen LogP contribution is 2.54. The van der Waals surface area contributed by atoms with Gasteiger partial charge in [0.15, 0.2) is 0 Å². The Hall–Kier alpha value is -3.69. The smallest absolute Gasteiger partial charge is 0.00338 e. The lowest BCUT2D eigenvalue weighted by molar-refractivity contribution is 1.63. The summed E-state index contributed by atoms with van der Waals surface area (Å²) in [5.41, 5.74) is 8.06. The van der Waals surface area contributed by atoms with Gasteiger partial charge in [-0.3, -0.25) is 0 Å². The molecule has 2 atom stereocenters. The monoisotopic (exact) mass is 520 g/mol. The van der Waals surface area contributed by atoms with Crippen LogP contribution in [0.25, 0.3) is 65.2 Å². The minimum atomic E-state index is -0.434. The maximum Gasteiger partial charge on any atom is 0.00338 e. The van der Waals surface area contributed by atoms with Crippen LogP contribution in [0.1, 0.15) is 0 Å².